The maximum atomic E-state index is 13.7. The minimum atomic E-state index is -0.116. The van der Waals surface area contributed by atoms with Crippen molar-refractivity contribution in [3.63, 3.8) is 0 Å². The van der Waals surface area contributed by atoms with Crippen LogP contribution in [0.4, 0.5) is 4.39 Å². The molecule has 0 saturated carbocycles. The lowest BCUT2D eigenvalue weighted by Gasteiger charge is -2.24. The van der Waals surface area contributed by atoms with Gasteiger partial charge in [0.15, 0.2) is 0 Å². The van der Waals surface area contributed by atoms with E-state index in [1.807, 2.05) is 13.1 Å². The van der Waals surface area contributed by atoms with Crippen LogP contribution in [0.25, 0.3) is 0 Å². The van der Waals surface area contributed by atoms with Gasteiger partial charge in [0.25, 0.3) is 0 Å². The van der Waals surface area contributed by atoms with Crippen LogP contribution in [0.3, 0.4) is 0 Å². The Morgan fingerprint density at radius 2 is 2.35 bits per heavy atom. The lowest BCUT2D eigenvalue weighted by Crippen LogP contribution is -2.36. The maximum absolute atomic E-state index is 13.7. The van der Waals surface area contributed by atoms with Crippen LogP contribution >= 0.6 is 15.9 Å². The van der Waals surface area contributed by atoms with Crippen molar-refractivity contribution in [2.45, 2.75) is 25.4 Å². The largest absolute Gasteiger partial charge is 0.318 e. The van der Waals surface area contributed by atoms with E-state index in [0.29, 0.717) is 12.6 Å². The highest BCUT2D eigenvalue weighted by Crippen LogP contribution is 2.25. The van der Waals surface area contributed by atoms with Crippen molar-refractivity contribution in [2.75, 3.05) is 20.1 Å². The van der Waals surface area contributed by atoms with Gasteiger partial charge in [-0.1, -0.05) is 22.0 Å². The summed E-state index contributed by atoms with van der Waals surface area (Å²) >= 11 is 3.43. The molecule has 0 amide bonds. The van der Waals surface area contributed by atoms with E-state index in [9.17, 15) is 4.39 Å². The summed E-state index contributed by atoms with van der Waals surface area (Å²) in [7, 11) is 1.97. The first-order chi connectivity index (χ1) is 8.22. The summed E-state index contributed by atoms with van der Waals surface area (Å²) in [5.41, 5.74) is 0.774. The van der Waals surface area contributed by atoms with E-state index in [-0.39, 0.29) is 5.82 Å². The van der Waals surface area contributed by atoms with Gasteiger partial charge in [0.2, 0.25) is 0 Å². The number of hydrogen-bond acceptors (Lipinski definition) is 2. The summed E-state index contributed by atoms with van der Waals surface area (Å²) in [5, 5.41) is 3.21. The second kappa shape index (κ2) is 5.94. The van der Waals surface area contributed by atoms with Crippen LogP contribution in [0, 0.1) is 5.82 Å². The Hall–Kier alpha value is -0.450. The summed E-state index contributed by atoms with van der Waals surface area (Å²) in [4.78, 5) is 2.36. The fourth-order valence-corrected chi connectivity index (χ4v) is 2.92. The van der Waals surface area contributed by atoms with Crippen LogP contribution < -0.4 is 5.32 Å². The molecule has 1 saturated heterocycles. The first-order valence-corrected chi connectivity index (χ1v) is 6.83. The van der Waals surface area contributed by atoms with Crippen molar-refractivity contribution in [1.82, 2.24) is 10.2 Å². The van der Waals surface area contributed by atoms with Crippen molar-refractivity contribution < 1.29 is 4.39 Å². The lowest BCUT2D eigenvalue weighted by atomic mass is 10.1. The minimum Gasteiger partial charge on any atom is -0.318 e. The van der Waals surface area contributed by atoms with Gasteiger partial charge < -0.3 is 5.32 Å². The van der Waals surface area contributed by atoms with Gasteiger partial charge in [0, 0.05) is 29.2 Å². The molecular formula is C13H18BrFN2. The molecular weight excluding hydrogens is 283 g/mol. The average Bonchev–Trinajstić information content (AvgIpc) is 2.72. The summed E-state index contributed by atoms with van der Waals surface area (Å²) < 4.78 is 14.6. The predicted molar refractivity (Wildman–Crippen MR) is 71.5 cm³/mol. The van der Waals surface area contributed by atoms with Crippen molar-refractivity contribution in [3.05, 3.63) is 34.1 Å². The molecule has 94 valence electrons. The zero-order chi connectivity index (χ0) is 12.3. The molecule has 0 bridgehead atoms. The van der Waals surface area contributed by atoms with Gasteiger partial charge in [0.1, 0.15) is 5.82 Å². The second-order valence-electron chi connectivity index (χ2n) is 4.52. The molecule has 2 rings (SSSR count). The van der Waals surface area contributed by atoms with E-state index in [2.05, 4.69) is 26.1 Å². The normalized spacial score (nSPS) is 21.0. The van der Waals surface area contributed by atoms with Gasteiger partial charge in [-0.05, 0) is 38.6 Å². The minimum absolute atomic E-state index is 0.116. The van der Waals surface area contributed by atoms with Gasteiger partial charge in [-0.3, -0.25) is 4.90 Å². The Balaban J connectivity index is 2.09. The Bertz CT molecular complexity index is 363. The van der Waals surface area contributed by atoms with Gasteiger partial charge >= 0.3 is 0 Å². The standard InChI is InChI=1S/C13H18BrFN2/c1-16-8-10-4-3-7-17(10)9-11-12(14)5-2-6-13(11)15/h2,5-6,10,16H,3-4,7-9H2,1H3. The average molecular weight is 301 g/mol. The molecule has 0 aliphatic carbocycles. The SMILES string of the molecule is CNCC1CCCN1Cc1c(F)cccc1Br. The number of rotatable bonds is 4. The zero-order valence-corrected chi connectivity index (χ0v) is 11.6. The molecule has 1 atom stereocenters. The highest BCUT2D eigenvalue weighted by atomic mass is 79.9. The quantitative estimate of drug-likeness (QED) is 0.920. The van der Waals surface area contributed by atoms with Gasteiger partial charge in [-0.2, -0.15) is 0 Å². The van der Waals surface area contributed by atoms with Crippen molar-refractivity contribution in [2.24, 2.45) is 0 Å². The molecule has 2 nitrogen and oxygen atoms in total. The van der Waals surface area contributed by atoms with Crippen LogP contribution in [0.1, 0.15) is 18.4 Å². The first-order valence-electron chi connectivity index (χ1n) is 6.04. The highest BCUT2D eigenvalue weighted by molar-refractivity contribution is 9.10. The molecule has 1 aromatic rings. The molecule has 1 fully saturated rings. The number of likely N-dealkylation sites (tertiary alicyclic amines) is 1. The molecule has 0 radical (unpaired) electrons. The topological polar surface area (TPSA) is 15.3 Å². The van der Waals surface area contributed by atoms with Crippen LogP contribution in [-0.4, -0.2) is 31.1 Å². The van der Waals surface area contributed by atoms with E-state index >= 15 is 0 Å². The molecule has 1 aliphatic rings. The Labute approximate surface area is 110 Å². The van der Waals surface area contributed by atoms with Crippen LogP contribution in [0.15, 0.2) is 22.7 Å². The Morgan fingerprint density at radius 1 is 1.53 bits per heavy atom. The van der Waals surface area contributed by atoms with E-state index in [1.165, 1.54) is 18.9 Å². The molecule has 0 aromatic heterocycles. The molecule has 0 spiro atoms. The molecule has 1 unspecified atom stereocenters. The van der Waals surface area contributed by atoms with Gasteiger partial charge in [0.05, 0.1) is 0 Å². The Kier molecular flexibility index (Phi) is 4.54. The first kappa shape index (κ1) is 13.0. The third kappa shape index (κ3) is 3.06. The van der Waals surface area contributed by atoms with Crippen LogP contribution in [0.2, 0.25) is 0 Å². The van der Waals surface area contributed by atoms with Crippen LogP contribution in [0.5, 0.6) is 0 Å². The van der Waals surface area contributed by atoms with Crippen molar-refractivity contribution in [3.8, 4) is 0 Å². The lowest BCUT2D eigenvalue weighted by molar-refractivity contribution is 0.238. The number of likely N-dealkylation sites (N-methyl/N-ethyl adjacent to an activating group) is 1. The summed E-state index contributed by atoms with van der Waals surface area (Å²) in [6.07, 6.45) is 2.41. The number of nitrogens with one attached hydrogen (secondary N) is 1. The third-order valence-corrected chi connectivity index (χ3v) is 4.10. The molecule has 17 heavy (non-hydrogen) atoms. The fourth-order valence-electron chi connectivity index (χ4n) is 2.46. The summed E-state index contributed by atoms with van der Waals surface area (Å²) in [6.45, 7) is 2.73. The third-order valence-electron chi connectivity index (χ3n) is 3.36. The summed E-state index contributed by atoms with van der Waals surface area (Å²) in [6, 6.07) is 5.70. The predicted octanol–water partition coefficient (Wildman–Crippen LogP) is 2.77. The number of halogens is 2. The molecule has 1 N–H and O–H groups in total. The van der Waals surface area contributed by atoms with Gasteiger partial charge in [-0.15, -0.1) is 0 Å². The zero-order valence-electron chi connectivity index (χ0n) is 10.0. The number of nitrogens with zero attached hydrogens (tertiary/aromatic N) is 1. The van der Waals surface area contributed by atoms with E-state index in [0.717, 1.165) is 23.1 Å². The maximum Gasteiger partial charge on any atom is 0.128 e. The molecule has 1 heterocycles. The second-order valence-corrected chi connectivity index (χ2v) is 5.38. The number of hydrogen-bond donors (Lipinski definition) is 1. The van der Waals surface area contributed by atoms with E-state index in [1.54, 1.807) is 6.07 Å². The molecule has 4 heteroatoms. The summed E-state index contributed by atoms with van der Waals surface area (Å²) in [5.74, 6) is -0.116. The van der Waals surface area contributed by atoms with Crippen molar-refractivity contribution >= 4 is 15.9 Å². The van der Waals surface area contributed by atoms with Gasteiger partial charge in [-0.25, -0.2) is 4.39 Å². The fraction of sp³-hybridized carbons (Fsp3) is 0.538. The van der Waals surface area contributed by atoms with E-state index in [4.69, 9.17) is 0 Å². The smallest absolute Gasteiger partial charge is 0.128 e. The van der Waals surface area contributed by atoms with Crippen molar-refractivity contribution in [1.29, 1.82) is 0 Å². The number of benzene rings is 1. The van der Waals surface area contributed by atoms with Crippen LogP contribution in [-0.2, 0) is 6.54 Å². The monoisotopic (exact) mass is 300 g/mol. The molecule has 1 aromatic carbocycles. The highest BCUT2D eigenvalue weighted by Gasteiger charge is 2.25. The Morgan fingerprint density at radius 3 is 3.06 bits per heavy atom. The molecule has 1 aliphatic heterocycles. The van der Waals surface area contributed by atoms with E-state index < -0.39 is 0 Å².